The minimum atomic E-state index is 0.200. The first-order valence-corrected chi connectivity index (χ1v) is 10.9. The Morgan fingerprint density at radius 1 is 1.21 bits per heavy atom. The van der Waals surface area contributed by atoms with Gasteiger partial charge in [0.25, 0.3) is 0 Å². The predicted octanol–water partition coefficient (Wildman–Crippen LogP) is 7.09. The van der Waals surface area contributed by atoms with E-state index in [0.717, 1.165) is 18.5 Å². The molecule has 0 heterocycles. The van der Waals surface area contributed by atoms with Gasteiger partial charge in [-0.3, -0.25) is 0 Å². The van der Waals surface area contributed by atoms with E-state index in [4.69, 9.17) is 0 Å². The third kappa shape index (κ3) is 6.39. The molecule has 0 radical (unpaired) electrons. The van der Waals surface area contributed by atoms with Gasteiger partial charge >= 0.3 is 0 Å². The van der Waals surface area contributed by atoms with Crippen LogP contribution in [0.3, 0.4) is 0 Å². The molecule has 0 aromatic heterocycles. The molecule has 1 heteroatoms. The first kappa shape index (κ1) is 24.3. The third-order valence-electron chi connectivity index (χ3n) is 6.17. The monoisotopic (exact) mass is 379 g/mol. The Bertz CT molecular complexity index is 683. The summed E-state index contributed by atoms with van der Waals surface area (Å²) in [5.41, 5.74) is 6.64. The normalized spacial score (nSPS) is 13.9. The fourth-order valence-electron chi connectivity index (χ4n) is 4.48. The highest BCUT2D eigenvalue weighted by molar-refractivity contribution is 5.49. The fraction of sp³-hybridized carbons (Fsp3) is 0.556. The number of allylic oxidation sites excluding steroid dienone is 2. The van der Waals surface area contributed by atoms with Crippen molar-refractivity contribution >= 4 is 0 Å². The Balaban J connectivity index is 3.21. The Hall–Kier alpha value is -1.78. The molecule has 1 aromatic carbocycles. The summed E-state index contributed by atoms with van der Waals surface area (Å²) in [5, 5.41) is 3.36. The summed E-state index contributed by atoms with van der Waals surface area (Å²) < 4.78 is 0. The lowest BCUT2D eigenvalue weighted by atomic mass is 9.70. The summed E-state index contributed by atoms with van der Waals surface area (Å²) in [6, 6.07) is 4.40. The van der Waals surface area contributed by atoms with Gasteiger partial charge in [-0.05, 0) is 87.9 Å². The van der Waals surface area contributed by atoms with Crippen LogP contribution in [0, 0.1) is 31.1 Å². The molecule has 0 spiro atoms. The van der Waals surface area contributed by atoms with Crippen LogP contribution in [0.1, 0.15) is 87.5 Å². The van der Waals surface area contributed by atoms with E-state index in [1.807, 2.05) is 6.92 Å². The molecule has 28 heavy (non-hydrogen) atoms. The SMILES string of the molecule is C=CC(C(=C)CC(CC)(CCCC)CCNC)c1c(C)cc(C#CC)cc1C. The van der Waals surface area contributed by atoms with Crippen LogP contribution < -0.4 is 5.32 Å². The quantitative estimate of drug-likeness (QED) is 0.302. The van der Waals surface area contributed by atoms with Crippen LogP contribution in [0.2, 0.25) is 0 Å². The highest BCUT2D eigenvalue weighted by Gasteiger charge is 2.30. The Kier molecular flexibility index (Phi) is 10.3. The van der Waals surface area contributed by atoms with E-state index in [-0.39, 0.29) is 5.92 Å². The molecule has 1 N–H and O–H groups in total. The molecular weight excluding hydrogens is 338 g/mol. The first-order chi connectivity index (χ1) is 13.4. The smallest absolute Gasteiger partial charge is 0.0250 e. The molecule has 0 aliphatic rings. The van der Waals surface area contributed by atoms with Gasteiger partial charge in [-0.1, -0.05) is 57.3 Å². The second-order valence-electron chi connectivity index (χ2n) is 8.26. The number of hydrogen-bond donors (Lipinski definition) is 1. The Morgan fingerprint density at radius 2 is 1.86 bits per heavy atom. The summed E-state index contributed by atoms with van der Waals surface area (Å²) in [5.74, 6) is 6.40. The summed E-state index contributed by atoms with van der Waals surface area (Å²) in [6.45, 7) is 20.7. The van der Waals surface area contributed by atoms with Crippen molar-refractivity contribution in [2.75, 3.05) is 13.6 Å². The van der Waals surface area contributed by atoms with Crippen LogP contribution in [0.15, 0.2) is 36.9 Å². The fourth-order valence-corrected chi connectivity index (χ4v) is 4.48. The second-order valence-corrected chi connectivity index (χ2v) is 8.26. The highest BCUT2D eigenvalue weighted by Crippen LogP contribution is 2.43. The minimum absolute atomic E-state index is 0.200. The van der Waals surface area contributed by atoms with E-state index in [0.29, 0.717) is 5.41 Å². The van der Waals surface area contributed by atoms with Crippen molar-refractivity contribution in [3.8, 4) is 11.8 Å². The van der Waals surface area contributed by atoms with Crippen molar-refractivity contribution in [3.63, 3.8) is 0 Å². The molecule has 154 valence electrons. The molecule has 2 atom stereocenters. The summed E-state index contributed by atoms with van der Waals surface area (Å²) in [6.07, 6.45) is 9.35. The Labute approximate surface area is 174 Å². The zero-order chi connectivity index (χ0) is 21.2. The van der Waals surface area contributed by atoms with Crippen molar-refractivity contribution in [3.05, 3.63) is 59.2 Å². The molecule has 0 saturated carbocycles. The predicted molar refractivity (Wildman–Crippen MR) is 126 cm³/mol. The maximum Gasteiger partial charge on any atom is 0.0250 e. The number of rotatable bonds is 12. The summed E-state index contributed by atoms with van der Waals surface area (Å²) in [4.78, 5) is 0. The third-order valence-corrected chi connectivity index (χ3v) is 6.17. The first-order valence-electron chi connectivity index (χ1n) is 10.9. The zero-order valence-electron chi connectivity index (χ0n) is 19.2. The summed E-state index contributed by atoms with van der Waals surface area (Å²) in [7, 11) is 2.05. The Morgan fingerprint density at radius 3 is 2.32 bits per heavy atom. The molecule has 0 saturated heterocycles. The topological polar surface area (TPSA) is 12.0 Å². The van der Waals surface area contributed by atoms with Crippen molar-refractivity contribution in [1.29, 1.82) is 0 Å². The van der Waals surface area contributed by atoms with Crippen LogP contribution in [-0.2, 0) is 0 Å². The molecular formula is C27H41N. The number of nitrogens with one attached hydrogen (secondary N) is 1. The average molecular weight is 380 g/mol. The number of benzene rings is 1. The maximum atomic E-state index is 4.57. The molecule has 2 unspecified atom stereocenters. The van der Waals surface area contributed by atoms with Gasteiger partial charge in [0.05, 0.1) is 0 Å². The van der Waals surface area contributed by atoms with Gasteiger partial charge in [-0.25, -0.2) is 0 Å². The van der Waals surface area contributed by atoms with Crippen LogP contribution in [0.5, 0.6) is 0 Å². The van der Waals surface area contributed by atoms with Gasteiger partial charge in [0.2, 0.25) is 0 Å². The van der Waals surface area contributed by atoms with Crippen LogP contribution >= 0.6 is 0 Å². The second kappa shape index (κ2) is 11.9. The lowest BCUT2D eigenvalue weighted by Crippen LogP contribution is -2.27. The molecule has 0 fully saturated rings. The van der Waals surface area contributed by atoms with E-state index >= 15 is 0 Å². The molecule has 1 nitrogen and oxygen atoms in total. The van der Waals surface area contributed by atoms with E-state index in [9.17, 15) is 0 Å². The van der Waals surface area contributed by atoms with E-state index in [2.05, 4.69) is 83.3 Å². The molecule has 1 aromatic rings. The number of hydrogen-bond acceptors (Lipinski definition) is 1. The summed E-state index contributed by atoms with van der Waals surface area (Å²) >= 11 is 0. The lowest BCUT2D eigenvalue weighted by molar-refractivity contribution is 0.216. The highest BCUT2D eigenvalue weighted by atomic mass is 14.8. The van der Waals surface area contributed by atoms with Crippen LogP contribution in [0.25, 0.3) is 0 Å². The van der Waals surface area contributed by atoms with Crippen LogP contribution in [0.4, 0.5) is 0 Å². The molecule has 0 bridgehead atoms. The van der Waals surface area contributed by atoms with Gasteiger partial charge in [-0.15, -0.1) is 12.5 Å². The number of unbranched alkanes of at least 4 members (excludes halogenated alkanes) is 1. The standard InChI is InChI=1S/C27H41N/c1-9-13-15-27(12-4,16-17-28-8)20-23(7)25(11-3)26-21(5)18-24(14-10-2)19-22(26)6/h11,18-19,25,28H,3,7,9,12-13,15-17,20H2,1-2,4-6,8H3. The number of aryl methyl sites for hydroxylation is 2. The van der Waals surface area contributed by atoms with Crippen molar-refractivity contribution in [2.24, 2.45) is 5.41 Å². The average Bonchev–Trinajstić information content (AvgIpc) is 2.67. The van der Waals surface area contributed by atoms with E-state index in [1.54, 1.807) is 0 Å². The molecule has 0 amide bonds. The lowest BCUT2D eigenvalue weighted by Gasteiger charge is -2.36. The van der Waals surface area contributed by atoms with Crippen molar-refractivity contribution < 1.29 is 0 Å². The largest absolute Gasteiger partial charge is 0.320 e. The zero-order valence-corrected chi connectivity index (χ0v) is 19.2. The van der Waals surface area contributed by atoms with Gasteiger partial charge in [0.1, 0.15) is 0 Å². The van der Waals surface area contributed by atoms with Gasteiger partial charge in [-0.2, -0.15) is 0 Å². The van der Waals surface area contributed by atoms with Gasteiger partial charge in [0, 0.05) is 11.5 Å². The van der Waals surface area contributed by atoms with E-state index in [1.165, 1.54) is 54.4 Å². The van der Waals surface area contributed by atoms with Gasteiger partial charge in [0.15, 0.2) is 0 Å². The van der Waals surface area contributed by atoms with Crippen molar-refractivity contribution in [1.82, 2.24) is 5.32 Å². The molecule has 1 rings (SSSR count). The molecule has 0 aliphatic carbocycles. The van der Waals surface area contributed by atoms with E-state index < -0.39 is 0 Å². The van der Waals surface area contributed by atoms with Crippen LogP contribution in [-0.4, -0.2) is 13.6 Å². The minimum Gasteiger partial charge on any atom is -0.320 e. The van der Waals surface area contributed by atoms with Gasteiger partial charge < -0.3 is 5.32 Å². The maximum absolute atomic E-state index is 4.57. The molecule has 0 aliphatic heterocycles. The van der Waals surface area contributed by atoms with Crippen molar-refractivity contribution in [2.45, 2.75) is 79.1 Å².